The van der Waals surface area contributed by atoms with Crippen LogP contribution >= 0.6 is 0 Å². The van der Waals surface area contributed by atoms with Gasteiger partial charge in [0, 0.05) is 45.9 Å². The number of ether oxygens (including phenoxy) is 1. The molecule has 156 valence electrons. The number of piperazine rings is 1. The number of oxazole rings is 1. The highest BCUT2D eigenvalue weighted by atomic mass is 16.5. The molecule has 3 heterocycles. The quantitative estimate of drug-likeness (QED) is 0.771. The second-order valence-electron chi connectivity index (χ2n) is 8.01. The Labute approximate surface area is 172 Å². The van der Waals surface area contributed by atoms with Gasteiger partial charge in [-0.05, 0) is 25.3 Å². The lowest BCUT2D eigenvalue weighted by molar-refractivity contribution is 0.0853. The van der Waals surface area contributed by atoms with Crippen LogP contribution in [0.2, 0.25) is 0 Å². The summed E-state index contributed by atoms with van der Waals surface area (Å²) in [7, 11) is 0. The molecule has 7 nitrogen and oxygen atoms in total. The molecule has 0 bridgehead atoms. The van der Waals surface area contributed by atoms with Crippen molar-refractivity contribution >= 4 is 5.91 Å². The molecule has 0 saturated carbocycles. The molecule has 29 heavy (non-hydrogen) atoms. The Bertz CT molecular complexity index is 791. The van der Waals surface area contributed by atoms with E-state index in [1.807, 2.05) is 0 Å². The molecule has 4 rings (SSSR count). The highest BCUT2D eigenvalue weighted by molar-refractivity contribution is 5.91. The van der Waals surface area contributed by atoms with E-state index in [4.69, 9.17) is 9.15 Å². The summed E-state index contributed by atoms with van der Waals surface area (Å²) < 4.78 is 11.1. The van der Waals surface area contributed by atoms with Crippen molar-refractivity contribution in [3.05, 3.63) is 53.2 Å². The molecular weight excluding hydrogens is 368 g/mol. The van der Waals surface area contributed by atoms with E-state index >= 15 is 0 Å². The first-order valence-electron chi connectivity index (χ1n) is 10.5. The van der Waals surface area contributed by atoms with Gasteiger partial charge in [-0.15, -0.1) is 0 Å². The molecule has 2 aromatic rings. The van der Waals surface area contributed by atoms with Crippen molar-refractivity contribution in [3.8, 4) is 0 Å². The van der Waals surface area contributed by atoms with Gasteiger partial charge < -0.3 is 14.5 Å². The molecule has 2 aliphatic rings. The minimum atomic E-state index is -0.196. The van der Waals surface area contributed by atoms with E-state index in [1.54, 1.807) is 0 Å². The Morgan fingerprint density at radius 3 is 2.55 bits per heavy atom. The molecular formula is C22H30N4O3. The number of benzene rings is 1. The Morgan fingerprint density at radius 1 is 1.14 bits per heavy atom. The van der Waals surface area contributed by atoms with E-state index in [-0.39, 0.29) is 12.0 Å². The summed E-state index contributed by atoms with van der Waals surface area (Å²) in [4.78, 5) is 21.4. The fourth-order valence-electron chi connectivity index (χ4n) is 3.84. The van der Waals surface area contributed by atoms with Gasteiger partial charge in [0.1, 0.15) is 6.26 Å². The molecule has 2 saturated heterocycles. The zero-order chi connectivity index (χ0) is 20.1. The predicted octanol–water partition coefficient (Wildman–Crippen LogP) is 2.21. The topological polar surface area (TPSA) is 70.8 Å². The number of carbonyl (C=O) groups is 1. The number of aryl methyl sites for hydroxylation is 1. The molecule has 1 atom stereocenters. The summed E-state index contributed by atoms with van der Waals surface area (Å²) in [5.74, 6) is 0.401. The van der Waals surface area contributed by atoms with Crippen molar-refractivity contribution in [1.29, 1.82) is 0 Å². The Balaban J connectivity index is 1.20. The molecule has 2 fully saturated rings. The minimum absolute atomic E-state index is 0.126. The van der Waals surface area contributed by atoms with Gasteiger partial charge in [0.2, 0.25) is 5.89 Å². The average Bonchev–Trinajstić information content (AvgIpc) is 3.42. The lowest BCUT2D eigenvalue weighted by atomic mass is 10.1. The fourth-order valence-corrected chi connectivity index (χ4v) is 3.84. The molecule has 1 aromatic heterocycles. The van der Waals surface area contributed by atoms with Gasteiger partial charge in [-0.3, -0.25) is 14.6 Å². The molecule has 7 heteroatoms. The van der Waals surface area contributed by atoms with Crippen molar-refractivity contribution in [2.24, 2.45) is 0 Å². The SMILES string of the molecule is Cc1ccc(CN2CCN(Cc3nc(C(=O)NCC4CCCO4)co3)CC2)cc1. The standard InChI is InChI=1S/C22H30N4O3/c1-17-4-6-18(7-5-17)14-25-8-10-26(11-9-25)15-21-24-20(16-29-21)22(27)23-13-19-3-2-12-28-19/h4-7,16,19H,2-3,8-15H2,1H3,(H,23,27). The molecule has 1 N–H and O–H groups in total. The lowest BCUT2D eigenvalue weighted by Crippen LogP contribution is -2.45. The molecule has 1 unspecified atom stereocenters. The molecule has 0 spiro atoms. The maximum Gasteiger partial charge on any atom is 0.273 e. The van der Waals surface area contributed by atoms with Gasteiger partial charge in [0.25, 0.3) is 5.91 Å². The number of carbonyl (C=O) groups excluding carboxylic acids is 1. The van der Waals surface area contributed by atoms with Crippen LogP contribution in [0.15, 0.2) is 34.9 Å². The van der Waals surface area contributed by atoms with Crippen molar-refractivity contribution < 1.29 is 13.9 Å². The van der Waals surface area contributed by atoms with Crippen LogP contribution in [0.25, 0.3) is 0 Å². The molecule has 0 radical (unpaired) electrons. The van der Waals surface area contributed by atoms with Gasteiger partial charge in [-0.1, -0.05) is 29.8 Å². The first-order chi connectivity index (χ1) is 14.2. The van der Waals surface area contributed by atoms with Crippen LogP contribution < -0.4 is 5.32 Å². The number of aromatic nitrogens is 1. The number of hydrogen-bond donors (Lipinski definition) is 1. The van der Waals surface area contributed by atoms with Gasteiger partial charge in [-0.25, -0.2) is 4.98 Å². The van der Waals surface area contributed by atoms with E-state index in [0.29, 0.717) is 24.7 Å². The second-order valence-corrected chi connectivity index (χ2v) is 8.01. The van der Waals surface area contributed by atoms with Crippen molar-refractivity contribution in [2.45, 2.75) is 39.0 Å². The average molecular weight is 399 g/mol. The van der Waals surface area contributed by atoms with Crippen molar-refractivity contribution in [1.82, 2.24) is 20.1 Å². The van der Waals surface area contributed by atoms with Crippen LogP contribution in [0.4, 0.5) is 0 Å². The third-order valence-corrected chi connectivity index (χ3v) is 5.65. The summed E-state index contributed by atoms with van der Waals surface area (Å²) >= 11 is 0. The zero-order valence-corrected chi connectivity index (χ0v) is 17.1. The lowest BCUT2D eigenvalue weighted by Gasteiger charge is -2.34. The maximum absolute atomic E-state index is 12.2. The highest BCUT2D eigenvalue weighted by Crippen LogP contribution is 2.13. The molecule has 0 aliphatic carbocycles. The third-order valence-electron chi connectivity index (χ3n) is 5.65. The maximum atomic E-state index is 12.2. The normalized spacial score (nSPS) is 20.8. The van der Waals surface area contributed by atoms with E-state index in [1.165, 1.54) is 17.4 Å². The van der Waals surface area contributed by atoms with Crippen molar-refractivity contribution in [2.75, 3.05) is 39.3 Å². The van der Waals surface area contributed by atoms with Crippen LogP contribution in [-0.2, 0) is 17.8 Å². The summed E-state index contributed by atoms with van der Waals surface area (Å²) in [6.45, 7) is 9.02. The molecule has 1 aromatic carbocycles. The second kappa shape index (κ2) is 9.52. The first kappa shape index (κ1) is 20.1. The first-order valence-corrected chi connectivity index (χ1v) is 10.5. The number of amides is 1. The smallest absolute Gasteiger partial charge is 0.273 e. The predicted molar refractivity (Wildman–Crippen MR) is 110 cm³/mol. The van der Waals surface area contributed by atoms with E-state index in [0.717, 1.165) is 52.2 Å². The van der Waals surface area contributed by atoms with Crippen molar-refractivity contribution in [3.63, 3.8) is 0 Å². The third kappa shape index (κ3) is 5.65. The number of nitrogens with zero attached hydrogens (tertiary/aromatic N) is 3. The van der Waals surface area contributed by atoms with Crippen LogP contribution in [0.3, 0.4) is 0 Å². The number of rotatable bonds is 7. The molecule has 1 amide bonds. The molecule has 2 aliphatic heterocycles. The Morgan fingerprint density at radius 2 is 1.86 bits per heavy atom. The fraction of sp³-hybridized carbons (Fsp3) is 0.545. The van der Waals surface area contributed by atoms with E-state index in [9.17, 15) is 4.79 Å². The summed E-state index contributed by atoms with van der Waals surface area (Å²) in [6.07, 6.45) is 3.64. The number of hydrogen-bond acceptors (Lipinski definition) is 6. The summed E-state index contributed by atoms with van der Waals surface area (Å²) in [5, 5.41) is 2.88. The highest BCUT2D eigenvalue weighted by Gasteiger charge is 2.21. The van der Waals surface area contributed by atoms with Crippen LogP contribution in [0, 0.1) is 6.92 Å². The summed E-state index contributed by atoms with van der Waals surface area (Å²) in [6, 6.07) is 8.76. The van der Waals surface area contributed by atoms with Gasteiger partial charge in [0.15, 0.2) is 5.69 Å². The number of nitrogens with one attached hydrogen (secondary N) is 1. The van der Waals surface area contributed by atoms with Gasteiger partial charge in [-0.2, -0.15) is 0 Å². The summed E-state index contributed by atoms with van der Waals surface area (Å²) in [5.41, 5.74) is 3.00. The minimum Gasteiger partial charge on any atom is -0.447 e. The Kier molecular flexibility index (Phi) is 6.59. The van der Waals surface area contributed by atoms with Crippen LogP contribution in [0.5, 0.6) is 0 Å². The van der Waals surface area contributed by atoms with E-state index in [2.05, 4.69) is 51.3 Å². The van der Waals surface area contributed by atoms with Gasteiger partial charge in [0.05, 0.1) is 12.6 Å². The van der Waals surface area contributed by atoms with E-state index < -0.39 is 0 Å². The van der Waals surface area contributed by atoms with Crippen LogP contribution in [-0.4, -0.2) is 66.1 Å². The largest absolute Gasteiger partial charge is 0.447 e. The van der Waals surface area contributed by atoms with Crippen LogP contribution in [0.1, 0.15) is 40.3 Å². The van der Waals surface area contributed by atoms with Gasteiger partial charge >= 0.3 is 0 Å². The Hall–Kier alpha value is -2.22. The monoisotopic (exact) mass is 398 g/mol. The zero-order valence-electron chi connectivity index (χ0n) is 17.1.